The van der Waals surface area contributed by atoms with Crippen molar-refractivity contribution in [2.75, 3.05) is 0 Å². The van der Waals surface area contributed by atoms with E-state index in [1.807, 2.05) is 30.3 Å². The molecule has 0 radical (unpaired) electrons. The number of hydrogen-bond acceptors (Lipinski definition) is 3. The lowest BCUT2D eigenvalue weighted by molar-refractivity contribution is -0.149. The Bertz CT molecular complexity index is 858. The quantitative estimate of drug-likeness (QED) is 0.508. The Balaban J connectivity index is 1.48. The molecule has 7 atom stereocenters. The molecule has 29 heavy (non-hydrogen) atoms. The summed E-state index contributed by atoms with van der Waals surface area (Å²) in [5, 5.41) is 0. The molecule has 3 heteroatoms. The Kier molecular flexibility index (Phi) is 4.38. The van der Waals surface area contributed by atoms with Crippen molar-refractivity contribution in [1.82, 2.24) is 0 Å². The van der Waals surface area contributed by atoms with Crippen LogP contribution in [0.15, 0.2) is 30.3 Å². The van der Waals surface area contributed by atoms with Crippen molar-refractivity contribution in [2.24, 2.45) is 40.4 Å². The minimum atomic E-state index is -0.476. The van der Waals surface area contributed by atoms with Gasteiger partial charge in [-0.1, -0.05) is 44.2 Å². The highest BCUT2D eigenvalue weighted by molar-refractivity contribution is 6.11. The number of rotatable bonds is 2. The van der Waals surface area contributed by atoms with E-state index in [0.29, 0.717) is 35.5 Å². The summed E-state index contributed by atoms with van der Waals surface area (Å²) in [6.45, 7) is 4.58. The van der Waals surface area contributed by atoms with Crippen molar-refractivity contribution >= 4 is 17.3 Å². The monoisotopic (exact) mass is 392 g/mol. The number of fused-ring (bicyclic) bond motifs is 5. The molecule has 0 aliphatic heterocycles. The standard InChI is InChI=1S/C26H32O3/c1-25-15-13-21(27)23(24(29)16-6-4-3-5-7-16)20(25)9-8-17-18-10-11-22(28)26(18,2)14-12-19(17)25/h3-7,17-20,23H,8-15H2,1-2H3/t17-,18-,19+,20?,23?,25+,26-/m0/s1. The maximum Gasteiger partial charge on any atom is 0.173 e. The van der Waals surface area contributed by atoms with Crippen LogP contribution in [0.25, 0.3) is 0 Å². The van der Waals surface area contributed by atoms with Crippen molar-refractivity contribution in [1.29, 1.82) is 0 Å². The molecule has 0 saturated heterocycles. The Morgan fingerprint density at radius 1 is 0.862 bits per heavy atom. The zero-order valence-corrected chi connectivity index (χ0v) is 17.7. The molecule has 154 valence electrons. The van der Waals surface area contributed by atoms with Crippen LogP contribution >= 0.6 is 0 Å². The van der Waals surface area contributed by atoms with Gasteiger partial charge in [-0.15, -0.1) is 0 Å². The second-order valence-corrected chi connectivity index (χ2v) is 10.7. The summed E-state index contributed by atoms with van der Waals surface area (Å²) in [6.07, 6.45) is 7.33. The van der Waals surface area contributed by atoms with Crippen molar-refractivity contribution in [2.45, 2.75) is 65.2 Å². The first kappa shape index (κ1) is 19.2. The first-order chi connectivity index (χ1) is 13.9. The molecule has 1 aromatic rings. The lowest BCUT2D eigenvalue weighted by Crippen LogP contribution is -2.57. The molecular weight excluding hydrogens is 360 g/mol. The second-order valence-electron chi connectivity index (χ2n) is 10.7. The summed E-state index contributed by atoms with van der Waals surface area (Å²) in [4.78, 5) is 39.0. The third-order valence-corrected chi connectivity index (χ3v) is 9.65. The molecule has 4 aliphatic rings. The van der Waals surface area contributed by atoms with Crippen LogP contribution in [-0.4, -0.2) is 17.3 Å². The van der Waals surface area contributed by atoms with Gasteiger partial charge in [-0.05, 0) is 67.6 Å². The molecule has 2 unspecified atom stereocenters. The molecular formula is C26H32O3. The number of Topliss-reactive ketones (excluding diaryl/α,β-unsaturated/α-hetero) is 3. The van der Waals surface area contributed by atoms with E-state index < -0.39 is 5.92 Å². The van der Waals surface area contributed by atoms with Crippen LogP contribution < -0.4 is 0 Å². The Hall–Kier alpha value is -1.77. The first-order valence-electron chi connectivity index (χ1n) is 11.5. The normalized spacial score (nSPS) is 44.0. The molecule has 3 nitrogen and oxygen atoms in total. The van der Waals surface area contributed by atoms with Crippen LogP contribution in [0.5, 0.6) is 0 Å². The molecule has 1 aromatic carbocycles. The van der Waals surface area contributed by atoms with E-state index in [1.165, 1.54) is 0 Å². The summed E-state index contributed by atoms with van der Waals surface area (Å²) in [5.41, 5.74) is 0.599. The highest BCUT2D eigenvalue weighted by atomic mass is 16.2. The number of carbonyl (C=O) groups is 3. The summed E-state index contributed by atoms with van der Waals surface area (Å²) < 4.78 is 0. The number of carbonyl (C=O) groups excluding carboxylic acids is 3. The van der Waals surface area contributed by atoms with Crippen LogP contribution in [0.2, 0.25) is 0 Å². The van der Waals surface area contributed by atoms with E-state index in [9.17, 15) is 14.4 Å². The molecule has 0 bridgehead atoms. The summed E-state index contributed by atoms with van der Waals surface area (Å²) in [7, 11) is 0. The first-order valence-corrected chi connectivity index (χ1v) is 11.5. The fourth-order valence-electron chi connectivity index (χ4n) is 8.06. The molecule has 4 saturated carbocycles. The van der Waals surface area contributed by atoms with E-state index >= 15 is 0 Å². The molecule has 4 aliphatic carbocycles. The Labute approximate surface area is 173 Å². The van der Waals surface area contributed by atoms with E-state index in [4.69, 9.17) is 0 Å². The van der Waals surface area contributed by atoms with Crippen LogP contribution in [-0.2, 0) is 9.59 Å². The minimum absolute atomic E-state index is 0.0293. The fourth-order valence-corrected chi connectivity index (χ4v) is 8.06. The Morgan fingerprint density at radius 3 is 2.38 bits per heavy atom. The maximum atomic E-state index is 13.4. The van der Waals surface area contributed by atoms with Gasteiger partial charge in [-0.25, -0.2) is 0 Å². The highest BCUT2D eigenvalue weighted by Crippen LogP contribution is 2.66. The number of benzene rings is 1. The average Bonchev–Trinajstić information content (AvgIpc) is 3.03. The number of ketones is 3. The third kappa shape index (κ3) is 2.65. The number of hydrogen-bond donors (Lipinski definition) is 0. The zero-order chi connectivity index (χ0) is 20.4. The van der Waals surface area contributed by atoms with Crippen LogP contribution in [0.3, 0.4) is 0 Å². The molecule has 0 aromatic heterocycles. The van der Waals surface area contributed by atoms with Gasteiger partial charge in [0, 0.05) is 23.8 Å². The van der Waals surface area contributed by atoms with Crippen molar-refractivity contribution in [3.05, 3.63) is 35.9 Å². The van der Waals surface area contributed by atoms with Gasteiger partial charge < -0.3 is 0 Å². The SMILES string of the molecule is C[C@]12CCC(=O)C(C(=O)c3ccccc3)C1CC[C@@H]1[C@H]2CC[C@]2(C)C(=O)CC[C@@H]12. The van der Waals surface area contributed by atoms with Gasteiger partial charge in [0.2, 0.25) is 0 Å². The van der Waals surface area contributed by atoms with Crippen molar-refractivity contribution in [3.8, 4) is 0 Å². The third-order valence-electron chi connectivity index (χ3n) is 9.65. The van der Waals surface area contributed by atoms with Gasteiger partial charge in [0.25, 0.3) is 0 Å². The van der Waals surface area contributed by atoms with Crippen LogP contribution in [0.1, 0.15) is 75.6 Å². The predicted octanol–water partition coefficient (Wildman–Crippen LogP) is 5.28. The van der Waals surface area contributed by atoms with Gasteiger partial charge in [-0.3, -0.25) is 14.4 Å². The predicted molar refractivity (Wildman–Crippen MR) is 111 cm³/mol. The largest absolute Gasteiger partial charge is 0.299 e. The van der Waals surface area contributed by atoms with E-state index in [0.717, 1.165) is 44.9 Å². The average molecular weight is 393 g/mol. The summed E-state index contributed by atoms with van der Waals surface area (Å²) in [5.74, 6) is 1.97. The van der Waals surface area contributed by atoms with Crippen LogP contribution in [0.4, 0.5) is 0 Å². The molecule has 0 N–H and O–H groups in total. The fraction of sp³-hybridized carbons (Fsp3) is 0.654. The van der Waals surface area contributed by atoms with Gasteiger partial charge >= 0.3 is 0 Å². The van der Waals surface area contributed by atoms with Crippen molar-refractivity contribution < 1.29 is 14.4 Å². The zero-order valence-electron chi connectivity index (χ0n) is 17.7. The topological polar surface area (TPSA) is 51.2 Å². The summed E-state index contributed by atoms with van der Waals surface area (Å²) >= 11 is 0. The minimum Gasteiger partial charge on any atom is -0.299 e. The van der Waals surface area contributed by atoms with E-state index in [2.05, 4.69) is 13.8 Å². The molecule has 0 amide bonds. The molecule has 4 fully saturated rings. The molecule has 5 rings (SSSR count). The second kappa shape index (κ2) is 6.62. The summed E-state index contributed by atoms with van der Waals surface area (Å²) in [6, 6.07) is 9.38. The van der Waals surface area contributed by atoms with Gasteiger partial charge in [0.15, 0.2) is 5.78 Å². The van der Waals surface area contributed by atoms with Gasteiger partial charge in [0.05, 0.1) is 5.92 Å². The lowest BCUT2D eigenvalue weighted by Gasteiger charge is -2.60. The van der Waals surface area contributed by atoms with E-state index in [1.54, 1.807) is 0 Å². The smallest absolute Gasteiger partial charge is 0.173 e. The Morgan fingerprint density at radius 2 is 1.62 bits per heavy atom. The maximum absolute atomic E-state index is 13.4. The van der Waals surface area contributed by atoms with Crippen molar-refractivity contribution in [3.63, 3.8) is 0 Å². The molecule has 0 spiro atoms. The highest BCUT2D eigenvalue weighted by Gasteiger charge is 2.62. The molecule has 0 heterocycles. The van der Waals surface area contributed by atoms with E-state index in [-0.39, 0.29) is 28.3 Å². The lowest BCUT2D eigenvalue weighted by atomic mass is 9.43. The van der Waals surface area contributed by atoms with Gasteiger partial charge in [0.1, 0.15) is 11.6 Å². The van der Waals surface area contributed by atoms with Gasteiger partial charge in [-0.2, -0.15) is 0 Å². The van der Waals surface area contributed by atoms with Crippen LogP contribution in [0, 0.1) is 40.4 Å².